The largest absolute Gasteiger partial charge is 0.340 e. The number of hydrogen-bond donors (Lipinski definition) is 1. The fourth-order valence-electron chi connectivity index (χ4n) is 3.54. The van der Waals surface area contributed by atoms with Crippen molar-refractivity contribution in [2.24, 2.45) is 5.92 Å². The molecular weight excluding hydrogens is 450 g/mol. The summed E-state index contributed by atoms with van der Waals surface area (Å²) in [4.78, 5) is 27.6. The molecule has 172 valence electrons. The summed E-state index contributed by atoms with van der Waals surface area (Å²) in [5.41, 5.74) is 1.54. The van der Waals surface area contributed by atoms with Crippen molar-refractivity contribution in [2.75, 3.05) is 26.2 Å². The molecule has 0 unspecified atom stereocenters. The molecule has 1 atom stereocenters. The summed E-state index contributed by atoms with van der Waals surface area (Å²) < 4.78 is 27.1. The van der Waals surface area contributed by atoms with Gasteiger partial charge in [-0.2, -0.15) is 4.31 Å². The zero-order chi connectivity index (χ0) is 23.5. The van der Waals surface area contributed by atoms with E-state index in [9.17, 15) is 18.0 Å². The van der Waals surface area contributed by atoms with Crippen LogP contribution in [0.1, 0.15) is 29.8 Å². The van der Waals surface area contributed by atoms with Crippen molar-refractivity contribution >= 4 is 33.4 Å². The summed E-state index contributed by atoms with van der Waals surface area (Å²) in [6.07, 6.45) is 0. The molecule has 2 aromatic rings. The van der Waals surface area contributed by atoms with Crippen LogP contribution < -0.4 is 5.32 Å². The Hall–Kier alpha value is -2.42. The Morgan fingerprint density at radius 1 is 0.938 bits per heavy atom. The highest BCUT2D eigenvalue weighted by molar-refractivity contribution is 7.89. The summed E-state index contributed by atoms with van der Waals surface area (Å²) >= 11 is 5.86. The summed E-state index contributed by atoms with van der Waals surface area (Å²) in [6.45, 7) is 6.58. The molecule has 1 heterocycles. The van der Waals surface area contributed by atoms with Crippen LogP contribution in [0, 0.1) is 12.8 Å². The zero-order valence-corrected chi connectivity index (χ0v) is 20.0. The summed E-state index contributed by atoms with van der Waals surface area (Å²) in [5.74, 6) is -0.627. The molecule has 2 aromatic carbocycles. The predicted molar refractivity (Wildman–Crippen MR) is 124 cm³/mol. The Balaban J connectivity index is 1.65. The smallest absolute Gasteiger partial charge is 0.251 e. The molecule has 1 aliphatic rings. The van der Waals surface area contributed by atoms with Crippen LogP contribution in [0.3, 0.4) is 0 Å². The van der Waals surface area contributed by atoms with E-state index in [1.807, 2.05) is 32.9 Å². The van der Waals surface area contributed by atoms with Crippen LogP contribution in [0.25, 0.3) is 0 Å². The number of piperazine rings is 1. The van der Waals surface area contributed by atoms with Crippen molar-refractivity contribution < 1.29 is 18.0 Å². The highest BCUT2D eigenvalue weighted by Crippen LogP contribution is 2.20. The predicted octanol–water partition coefficient (Wildman–Crippen LogP) is 2.94. The number of benzene rings is 2. The van der Waals surface area contributed by atoms with Crippen LogP contribution >= 0.6 is 11.6 Å². The van der Waals surface area contributed by atoms with Gasteiger partial charge in [0.2, 0.25) is 15.9 Å². The normalized spacial score (nSPS) is 16.1. The number of carbonyl (C=O) groups is 2. The third-order valence-electron chi connectivity index (χ3n) is 5.53. The number of sulfonamides is 1. The van der Waals surface area contributed by atoms with E-state index >= 15 is 0 Å². The van der Waals surface area contributed by atoms with Gasteiger partial charge in [0.05, 0.1) is 4.90 Å². The topological polar surface area (TPSA) is 86.8 Å². The second-order valence-electron chi connectivity index (χ2n) is 8.24. The summed E-state index contributed by atoms with van der Waals surface area (Å²) in [5, 5.41) is 3.31. The number of rotatable bonds is 6. The van der Waals surface area contributed by atoms with Gasteiger partial charge in [-0.25, -0.2) is 8.42 Å². The van der Waals surface area contributed by atoms with Crippen LogP contribution in [0.4, 0.5) is 0 Å². The zero-order valence-electron chi connectivity index (χ0n) is 18.4. The fourth-order valence-corrected chi connectivity index (χ4v) is 5.09. The molecule has 0 bridgehead atoms. The lowest BCUT2D eigenvalue weighted by molar-refractivity contribution is -0.135. The molecule has 1 N–H and O–H groups in total. The molecule has 1 aliphatic heterocycles. The van der Waals surface area contributed by atoms with Crippen LogP contribution in [0.2, 0.25) is 5.02 Å². The second kappa shape index (κ2) is 10.0. The molecular formula is C23H28ClN3O4S. The van der Waals surface area contributed by atoms with Gasteiger partial charge in [-0.15, -0.1) is 0 Å². The van der Waals surface area contributed by atoms with Gasteiger partial charge in [0.25, 0.3) is 5.91 Å². The molecule has 0 saturated carbocycles. The third-order valence-corrected chi connectivity index (χ3v) is 7.70. The Bertz CT molecular complexity index is 1060. The van der Waals surface area contributed by atoms with E-state index in [1.54, 1.807) is 17.0 Å². The molecule has 0 radical (unpaired) electrons. The Kier molecular flexibility index (Phi) is 7.59. The minimum absolute atomic E-state index is 0.118. The monoisotopic (exact) mass is 477 g/mol. The molecule has 0 spiro atoms. The molecule has 9 heteroatoms. The summed E-state index contributed by atoms with van der Waals surface area (Å²) in [7, 11) is -3.66. The first-order valence-corrected chi connectivity index (χ1v) is 12.3. The number of nitrogens with one attached hydrogen (secondary N) is 1. The maximum atomic E-state index is 13.2. The number of nitrogens with zero attached hydrogens (tertiary/aromatic N) is 2. The Morgan fingerprint density at radius 3 is 2.03 bits per heavy atom. The van der Waals surface area contributed by atoms with Gasteiger partial charge >= 0.3 is 0 Å². The van der Waals surface area contributed by atoms with Crippen molar-refractivity contribution in [3.05, 3.63) is 64.7 Å². The van der Waals surface area contributed by atoms with Crippen molar-refractivity contribution in [1.82, 2.24) is 14.5 Å². The van der Waals surface area contributed by atoms with Crippen LogP contribution in [0.15, 0.2) is 53.4 Å². The van der Waals surface area contributed by atoms with Gasteiger partial charge in [-0.1, -0.05) is 43.1 Å². The lowest BCUT2D eigenvalue weighted by Crippen LogP contribution is -2.57. The van der Waals surface area contributed by atoms with E-state index in [0.717, 1.165) is 5.56 Å². The van der Waals surface area contributed by atoms with Crippen molar-refractivity contribution in [3.63, 3.8) is 0 Å². The number of amides is 2. The van der Waals surface area contributed by atoms with Gasteiger partial charge in [-0.3, -0.25) is 9.59 Å². The highest BCUT2D eigenvalue weighted by Gasteiger charge is 2.34. The molecule has 1 saturated heterocycles. The van der Waals surface area contributed by atoms with Gasteiger partial charge in [-0.05, 0) is 49.2 Å². The molecule has 1 fully saturated rings. The Labute approximate surface area is 194 Å². The van der Waals surface area contributed by atoms with E-state index in [1.165, 1.54) is 28.6 Å². The molecule has 3 rings (SSSR count). The van der Waals surface area contributed by atoms with Crippen molar-refractivity contribution in [2.45, 2.75) is 31.7 Å². The van der Waals surface area contributed by atoms with Crippen LogP contribution in [-0.4, -0.2) is 61.7 Å². The first kappa shape index (κ1) is 24.2. The van der Waals surface area contributed by atoms with E-state index in [0.29, 0.717) is 10.6 Å². The first-order chi connectivity index (χ1) is 15.1. The highest BCUT2D eigenvalue weighted by atomic mass is 35.5. The first-order valence-electron chi connectivity index (χ1n) is 10.5. The van der Waals surface area contributed by atoms with Gasteiger partial charge in [0.15, 0.2) is 0 Å². The second-order valence-corrected chi connectivity index (χ2v) is 10.6. The molecule has 32 heavy (non-hydrogen) atoms. The van der Waals surface area contributed by atoms with Gasteiger partial charge in [0, 0.05) is 36.8 Å². The third kappa shape index (κ3) is 5.49. The number of carbonyl (C=O) groups excluding carboxylic acids is 2. The average Bonchev–Trinajstić information content (AvgIpc) is 2.77. The lowest BCUT2D eigenvalue weighted by atomic mass is 10.0. The van der Waals surface area contributed by atoms with E-state index in [2.05, 4.69) is 5.32 Å². The van der Waals surface area contributed by atoms with Crippen molar-refractivity contribution in [3.8, 4) is 0 Å². The number of halogens is 1. The lowest BCUT2D eigenvalue weighted by Gasteiger charge is -2.36. The molecule has 7 nitrogen and oxygen atoms in total. The fraction of sp³-hybridized carbons (Fsp3) is 0.391. The number of hydrogen-bond acceptors (Lipinski definition) is 4. The molecule has 0 aliphatic carbocycles. The van der Waals surface area contributed by atoms with E-state index in [-0.39, 0.29) is 48.8 Å². The maximum Gasteiger partial charge on any atom is 0.251 e. The molecule has 2 amide bonds. The van der Waals surface area contributed by atoms with Crippen LogP contribution in [-0.2, 0) is 14.8 Å². The van der Waals surface area contributed by atoms with Gasteiger partial charge < -0.3 is 10.2 Å². The summed E-state index contributed by atoms with van der Waals surface area (Å²) in [6, 6.07) is 12.5. The minimum atomic E-state index is -3.66. The minimum Gasteiger partial charge on any atom is -0.340 e. The quantitative estimate of drug-likeness (QED) is 0.693. The number of aryl methyl sites for hydroxylation is 1. The average molecular weight is 478 g/mol. The van der Waals surface area contributed by atoms with E-state index < -0.39 is 16.1 Å². The van der Waals surface area contributed by atoms with Crippen LogP contribution in [0.5, 0.6) is 0 Å². The standard InChI is InChI=1S/C23H28ClN3O4S/c1-16(2)21(25-22(28)18-6-4-17(3)5-7-18)23(29)26-12-14-27(15-13-26)32(30,31)20-10-8-19(24)9-11-20/h4-11,16,21H,12-15H2,1-3H3,(H,25,28)/t21-/m1/s1. The Morgan fingerprint density at radius 2 is 1.50 bits per heavy atom. The molecule has 0 aromatic heterocycles. The maximum absolute atomic E-state index is 13.2. The van der Waals surface area contributed by atoms with E-state index in [4.69, 9.17) is 11.6 Å². The van der Waals surface area contributed by atoms with Crippen molar-refractivity contribution in [1.29, 1.82) is 0 Å². The van der Waals surface area contributed by atoms with Gasteiger partial charge in [0.1, 0.15) is 6.04 Å². The SMILES string of the molecule is Cc1ccc(C(=O)N[C@@H](C(=O)N2CCN(S(=O)(=O)c3ccc(Cl)cc3)CC2)C(C)C)cc1.